The Bertz CT molecular complexity index is 94.1. The number of nitrogens with one attached hydrogen (secondary N) is 1. The van der Waals surface area contributed by atoms with Gasteiger partial charge in [-0.05, 0) is 25.4 Å². The van der Waals surface area contributed by atoms with Gasteiger partial charge in [0.2, 0.25) is 0 Å². The summed E-state index contributed by atoms with van der Waals surface area (Å²) in [5, 5.41) is 3.23. The average Bonchev–Trinajstić information content (AvgIpc) is 1.93. The lowest BCUT2D eigenvalue weighted by molar-refractivity contribution is 0.0601. The molecule has 1 heterocycles. The molecule has 0 atom stereocenters. The Kier molecular flexibility index (Phi) is 4.50. The quantitative estimate of drug-likeness (QED) is 0.564. The Morgan fingerprint density at radius 3 is 2.64 bits per heavy atom. The summed E-state index contributed by atoms with van der Waals surface area (Å²) in [4.78, 5) is 0. The second-order valence-electron chi connectivity index (χ2n) is 2.92. The molecule has 0 aromatic rings. The van der Waals surface area contributed by atoms with Crippen LogP contribution in [0.25, 0.3) is 0 Å². The third-order valence-corrected chi connectivity index (χ3v) is 1.97. The molecule has 0 aromatic carbocycles. The molecule has 0 radical (unpaired) electrons. The molecule has 3 heteroatoms. The molecule has 66 valence electrons. The van der Waals surface area contributed by atoms with Crippen molar-refractivity contribution in [1.29, 1.82) is 0 Å². The lowest BCUT2D eigenvalue weighted by Crippen LogP contribution is -2.42. The number of methoxy groups -OCH3 is 1. The van der Waals surface area contributed by atoms with E-state index in [2.05, 4.69) is 5.32 Å². The standard InChI is InChI=1S/C8H17NO2/c1-10-4-5-11-3-2-8-6-9-7-8/h8-9H,2-7H2,1H3. The Labute approximate surface area is 68.1 Å². The van der Waals surface area contributed by atoms with Gasteiger partial charge in [-0.15, -0.1) is 0 Å². The molecule has 1 fully saturated rings. The van der Waals surface area contributed by atoms with Crippen molar-refractivity contribution in [3.05, 3.63) is 0 Å². The maximum Gasteiger partial charge on any atom is 0.0700 e. The van der Waals surface area contributed by atoms with Crippen molar-refractivity contribution in [2.24, 2.45) is 5.92 Å². The van der Waals surface area contributed by atoms with Gasteiger partial charge in [-0.25, -0.2) is 0 Å². The summed E-state index contributed by atoms with van der Waals surface area (Å²) in [6.45, 7) is 4.68. The van der Waals surface area contributed by atoms with Gasteiger partial charge in [0, 0.05) is 13.7 Å². The van der Waals surface area contributed by atoms with E-state index in [1.165, 1.54) is 19.5 Å². The fraction of sp³-hybridized carbons (Fsp3) is 1.00. The molecule has 1 rings (SSSR count). The predicted molar refractivity (Wildman–Crippen MR) is 43.7 cm³/mol. The van der Waals surface area contributed by atoms with Crippen LogP contribution >= 0.6 is 0 Å². The molecular weight excluding hydrogens is 142 g/mol. The summed E-state index contributed by atoms with van der Waals surface area (Å²) in [6.07, 6.45) is 1.19. The molecule has 1 N–H and O–H groups in total. The van der Waals surface area contributed by atoms with E-state index in [1.807, 2.05) is 0 Å². The zero-order chi connectivity index (χ0) is 7.94. The summed E-state index contributed by atoms with van der Waals surface area (Å²) >= 11 is 0. The molecule has 0 bridgehead atoms. The largest absolute Gasteiger partial charge is 0.382 e. The molecule has 0 amide bonds. The second-order valence-corrected chi connectivity index (χ2v) is 2.92. The van der Waals surface area contributed by atoms with Gasteiger partial charge in [0.25, 0.3) is 0 Å². The van der Waals surface area contributed by atoms with Crippen molar-refractivity contribution in [1.82, 2.24) is 5.32 Å². The molecule has 1 aliphatic heterocycles. The van der Waals surface area contributed by atoms with Crippen LogP contribution in [0.4, 0.5) is 0 Å². The second kappa shape index (κ2) is 5.52. The minimum Gasteiger partial charge on any atom is -0.382 e. The summed E-state index contributed by atoms with van der Waals surface area (Å²) in [5.74, 6) is 0.859. The first-order chi connectivity index (χ1) is 5.43. The Morgan fingerprint density at radius 2 is 2.09 bits per heavy atom. The highest BCUT2D eigenvalue weighted by molar-refractivity contribution is 4.73. The van der Waals surface area contributed by atoms with Gasteiger partial charge in [0.05, 0.1) is 13.2 Å². The van der Waals surface area contributed by atoms with Gasteiger partial charge in [-0.3, -0.25) is 0 Å². The predicted octanol–water partition coefficient (Wildman–Crippen LogP) is 0.259. The van der Waals surface area contributed by atoms with Crippen LogP contribution in [-0.4, -0.2) is 40.0 Å². The molecule has 0 aromatic heterocycles. The van der Waals surface area contributed by atoms with E-state index in [0.717, 1.165) is 19.1 Å². The maximum atomic E-state index is 5.33. The smallest absolute Gasteiger partial charge is 0.0700 e. The van der Waals surface area contributed by atoms with E-state index >= 15 is 0 Å². The molecule has 0 saturated carbocycles. The van der Waals surface area contributed by atoms with Crippen molar-refractivity contribution in [3.63, 3.8) is 0 Å². The first-order valence-corrected chi connectivity index (χ1v) is 4.21. The normalized spacial score (nSPS) is 18.3. The van der Waals surface area contributed by atoms with Gasteiger partial charge in [0.1, 0.15) is 0 Å². The molecule has 3 nitrogen and oxygen atoms in total. The van der Waals surface area contributed by atoms with E-state index in [-0.39, 0.29) is 0 Å². The SMILES string of the molecule is COCCOCCC1CNC1. The van der Waals surface area contributed by atoms with E-state index in [0.29, 0.717) is 6.61 Å². The van der Waals surface area contributed by atoms with Crippen LogP contribution < -0.4 is 5.32 Å². The van der Waals surface area contributed by atoms with Crippen molar-refractivity contribution < 1.29 is 9.47 Å². The minimum atomic E-state index is 0.711. The fourth-order valence-corrected chi connectivity index (χ4v) is 1.05. The molecule has 1 aliphatic rings. The Morgan fingerprint density at radius 1 is 1.27 bits per heavy atom. The topological polar surface area (TPSA) is 30.5 Å². The lowest BCUT2D eigenvalue weighted by Gasteiger charge is -2.26. The van der Waals surface area contributed by atoms with Crippen LogP contribution in [0.5, 0.6) is 0 Å². The van der Waals surface area contributed by atoms with Crippen LogP contribution in [0.15, 0.2) is 0 Å². The van der Waals surface area contributed by atoms with E-state index < -0.39 is 0 Å². The Hall–Kier alpha value is -0.120. The number of rotatable bonds is 6. The highest BCUT2D eigenvalue weighted by atomic mass is 16.5. The first-order valence-electron chi connectivity index (χ1n) is 4.21. The van der Waals surface area contributed by atoms with Gasteiger partial charge < -0.3 is 14.8 Å². The molecular formula is C8H17NO2. The number of hydrogen-bond donors (Lipinski definition) is 1. The molecule has 0 unspecified atom stereocenters. The van der Waals surface area contributed by atoms with Gasteiger partial charge >= 0.3 is 0 Å². The van der Waals surface area contributed by atoms with Crippen molar-refractivity contribution >= 4 is 0 Å². The van der Waals surface area contributed by atoms with E-state index in [9.17, 15) is 0 Å². The van der Waals surface area contributed by atoms with Crippen LogP contribution in [-0.2, 0) is 9.47 Å². The molecule has 1 saturated heterocycles. The minimum absolute atomic E-state index is 0.711. The first kappa shape index (κ1) is 8.97. The van der Waals surface area contributed by atoms with Gasteiger partial charge in [0.15, 0.2) is 0 Å². The summed E-state index contributed by atoms with van der Waals surface area (Å²) in [5.41, 5.74) is 0. The summed E-state index contributed by atoms with van der Waals surface area (Å²) < 4.78 is 10.2. The van der Waals surface area contributed by atoms with Crippen LogP contribution in [0.1, 0.15) is 6.42 Å². The highest BCUT2D eigenvalue weighted by Gasteiger charge is 2.15. The summed E-state index contributed by atoms with van der Waals surface area (Å²) in [7, 11) is 1.69. The van der Waals surface area contributed by atoms with Gasteiger partial charge in [-0.1, -0.05) is 0 Å². The molecule has 0 aliphatic carbocycles. The molecule has 11 heavy (non-hydrogen) atoms. The van der Waals surface area contributed by atoms with Crippen molar-refractivity contribution in [2.45, 2.75) is 6.42 Å². The van der Waals surface area contributed by atoms with Gasteiger partial charge in [-0.2, -0.15) is 0 Å². The third kappa shape index (κ3) is 3.70. The number of hydrogen-bond acceptors (Lipinski definition) is 3. The fourth-order valence-electron chi connectivity index (χ4n) is 1.05. The van der Waals surface area contributed by atoms with Crippen molar-refractivity contribution in [3.8, 4) is 0 Å². The zero-order valence-corrected chi connectivity index (χ0v) is 7.14. The monoisotopic (exact) mass is 159 g/mol. The molecule has 0 spiro atoms. The summed E-state index contributed by atoms with van der Waals surface area (Å²) in [6, 6.07) is 0. The van der Waals surface area contributed by atoms with E-state index in [1.54, 1.807) is 7.11 Å². The van der Waals surface area contributed by atoms with Crippen LogP contribution in [0.2, 0.25) is 0 Å². The van der Waals surface area contributed by atoms with Crippen LogP contribution in [0, 0.1) is 5.92 Å². The zero-order valence-electron chi connectivity index (χ0n) is 7.14. The number of ether oxygens (including phenoxy) is 2. The van der Waals surface area contributed by atoms with Crippen LogP contribution in [0.3, 0.4) is 0 Å². The maximum absolute atomic E-state index is 5.33. The highest BCUT2D eigenvalue weighted by Crippen LogP contribution is 2.07. The third-order valence-electron chi connectivity index (χ3n) is 1.97. The Balaban J connectivity index is 1.73. The average molecular weight is 159 g/mol. The van der Waals surface area contributed by atoms with Crippen molar-refractivity contribution in [2.75, 3.05) is 40.0 Å². The van der Waals surface area contributed by atoms with E-state index in [4.69, 9.17) is 9.47 Å². The lowest BCUT2D eigenvalue weighted by atomic mass is 10.0.